The first-order valence-electron chi connectivity index (χ1n) is 9.48. The molecule has 0 saturated heterocycles. The van der Waals surface area contributed by atoms with Gasteiger partial charge in [0.15, 0.2) is 0 Å². The number of carbonyl (C=O) groups excluding carboxylic acids is 1. The zero-order chi connectivity index (χ0) is 21.3. The van der Waals surface area contributed by atoms with E-state index in [-0.39, 0.29) is 5.91 Å². The molecular weight excluding hydrogens is 374 g/mol. The molecule has 3 rings (SSSR count). The van der Waals surface area contributed by atoms with E-state index in [0.29, 0.717) is 17.2 Å². The minimum Gasteiger partial charge on any atom is -0.324 e. The van der Waals surface area contributed by atoms with Crippen LogP contribution in [0.25, 0.3) is 11.3 Å². The summed E-state index contributed by atoms with van der Waals surface area (Å²) in [6.45, 7) is 7.46. The van der Waals surface area contributed by atoms with E-state index in [4.69, 9.17) is 0 Å². The van der Waals surface area contributed by atoms with Crippen LogP contribution in [0.15, 0.2) is 91.6 Å². The molecule has 1 aromatic carbocycles. The van der Waals surface area contributed by atoms with Gasteiger partial charge >= 0.3 is 0 Å². The maximum Gasteiger partial charge on any atom is 0.255 e. The van der Waals surface area contributed by atoms with Crippen molar-refractivity contribution in [2.75, 3.05) is 5.32 Å². The Balaban J connectivity index is 1.82. The largest absolute Gasteiger partial charge is 0.324 e. The SMILES string of the molecule is C=C/C=C\C(=C/C)NC(=O)c1ccc(C)c(Nc2nccc(-c3ccncc3)n2)c1. The van der Waals surface area contributed by atoms with E-state index in [9.17, 15) is 4.79 Å². The number of aryl methyl sites for hydroxylation is 1. The molecule has 2 heterocycles. The Morgan fingerprint density at radius 2 is 1.90 bits per heavy atom. The predicted molar refractivity (Wildman–Crippen MR) is 120 cm³/mol. The van der Waals surface area contributed by atoms with Crippen LogP contribution in [0.4, 0.5) is 11.6 Å². The van der Waals surface area contributed by atoms with Crippen LogP contribution >= 0.6 is 0 Å². The minimum atomic E-state index is -0.202. The fraction of sp³-hybridized carbons (Fsp3) is 0.0833. The van der Waals surface area contributed by atoms with Crippen LogP contribution in [0.5, 0.6) is 0 Å². The van der Waals surface area contributed by atoms with Gasteiger partial charge in [0.05, 0.1) is 5.69 Å². The molecule has 6 nitrogen and oxygen atoms in total. The zero-order valence-corrected chi connectivity index (χ0v) is 17.0. The molecule has 1 amide bonds. The fourth-order valence-corrected chi connectivity index (χ4v) is 2.71. The van der Waals surface area contributed by atoms with Crippen LogP contribution in [-0.2, 0) is 0 Å². The summed E-state index contributed by atoms with van der Waals surface area (Å²) >= 11 is 0. The fourth-order valence-electron chi connectivity index (χ4n) is 2.71. The maximum atomic E-state index is 12.7. The van der Waals surface area contributed by atoms with Crippen molar-refractivity contribution in [3.05, 3.63) is 103 Å². The smallest absolute Gasteiger partial charge is 0.255 e. The van der Waals surface area contributed by atoms with Crippen molar-refractivity contribution in [2.45, 2.75) is 13.8 Å². The number of nitrogens with zero attached hydrogens (tertiary/aromatic N) is 3. The van der Waals surface area contributed by atoms with E-state index in [1.807, 2.05) is 44.2 Å². The maximum absolute atomic E-state index is 12.7. The van der Waals surface area contributed by atoms with Gasteiger partial charge in [-0.15, -0.1) is 0 Å². The number of hydrogen-bond acceptors (Lipinski definition) is 5. The molecule has 2 N–H and O–H groups in total. The van der Waals surface area contributed by atoms with Crippen molar-refractivity contribution in [2.24, 2.45) is 0 Å². The summed E-state index contributed by atoms with van der Waals surface area (Å²) in [4.78, 5) is 25.6. The summed E-state index contributed by atoms with van der Waals surface area (Å²) in [5.74, 6) is 0.249. The lowest BCUT2D eigenvalue weighted by Gasteiger charge is -2.12. The molecule has 0 radical (unpaired) electrons. The van der Waals surface area contributed by atoms with Gasteiger partial charge in [0.1, 0.15) is 0 Å². The molecule has 0 aliphatic rings. The number of rotatable bonds is 7. The molecule has 2 aromatic heterocycles. The first-order valence-corrected chi connectivity index (χ1v) is 9.48. The summed E-state index contributed by atoms with van der Waals surface area (Å²) in [6.07, 6.45) is 12.2. The molecule has 0 fully saturated rings. The van der Waals surface area contributed by atoms with Gasteiger partial charge in [-0.2, -0.15) is 0 Å². The molecule has 0 aliphatic heterocycles. The van der Waals surface area contributed by atoms with Crippen LogP contribution < -0.4 is 10.6 Å². The number of nitrogens with one attached hydrogen (secondary N) is 2. The molecule has 0 aliphatic carbocycles. The van der Waals surface area contributed by atoms with Crippen molar-refractivity contribution in [3.8, 4) is 11.3 Å². The van der Waals surface area contributed by atoms with Gasteiger partial charge in [0.2, 0.25) is 5.95 Å². The van der Waals surface area contributed by atoms with Gasteiger partial charge in [0, 0.05) is 41.1 Å². The third kappa shape index (κ3) is 5.26. The predicted octanol–water partition coefficient (Wildman–Crippen LogP) is 4.97. The number of benzene rings is 1. The van der Waals surface area contributed by atoms with Crippen molar-refractivity contribution in [1.29, 1.82) is 0 Å². The van der Waals surface area contributed by atoms with Gasteiger partial charge in [-0.1, -0.05) is 30.9 Å². The van der Waals surface area contributed by atoms with E-state index >= 15 is 0 Å². The molecule has 6 heteroatoms. The molecule has 0 saturated carbocycles. The Kier molecular flexibility index (Phi) is 6.84. The van der Waals surface area contributed by atoms with Crippen LogP contribution in [-0.4, -0.2) is 20.9 Å². The highest BCUT2D eigenvalue weighted by Crippen LogP contribution is 2.22. The molecule has 0 bridgehead atoms. The molecular formula is C24H23N5O. The second-order valence-electron chi connectivity index (χ2n) is 6.45. The zero-order valence-electron chi connectivity index (χ0n) is 17.0. The van der Waals surface area contributed by atoms with E-state index < -0.39 is 0 Å². The van der Waals surface area contributed by atoms with Crippen molar-refractivity contribution in [3.63, 3.8) is 0 Å². The van der Waals surface area contributed by atoms with Crippen molar-refractivity contribution < 1.29 is 4.79 Å². The Morgan fingerprint density at radius 3 is 2.63 bits per heavy atom. The Bertz CT molecular complexity index is 1100. The quantitative estimate of drug-likeness (QED) is 0.551. The average Bonchev–Trinajstić information content (AvgIpc) is 2.78. The van der Waals surface area contributed by atoms with E-state index in [1.54, 1.807) is 49.0 Å². The monoisotopic (exact) mass is 397 g/mol. The lowest BCUT2D eigenvalue weighted by Crippen LogP contribution is -2.22. The van der Waals surface area contributed by atoms with Crippen LogP contribution in [0, 0.1) is 6.92 Å². The van der Waals surface area contributed by atoms with Gasteiger partial charge in [-0.05, 0) is 55.8 Å². The van der Waals surface area contributed by atoms with Crippen molar-refractivity contribution in [1.82, 2.24) is 20.3 Å². The third-order valence-electron chi connectivity index (χ3n) is 4.36. The van der Waals surface area contributed by atoms with E-state index in [0.717, 1.165) is 22.5 Å². The normalized spacial score (nSPS) is 11.3. The third-order valence-corrected chi connectivity index (χ3v) is 4.36. The molecule has 150 valence electrons. The molecule has 0 unspecified atom stereocenters. The number of hydrogen-bond donors (Lipinski definition) is 2. The van der Waals surface area contributed by atoms with E-state index in [1.165, 1.54) is 0 Å². The van der Waals surface area contributed by atoms with Crippen LogP contribution in [0.1, 0.15) is 22.8 Å². The second kappa shape index (κ2) is 9.93. The standard InChI is InChI=1S/C24H23N5O/c1-4-6-7-20(5-2)27-23(30)19-9-8-17(3)22(16-19)29-24-26-15-12-21(28-24)18-10-13-25-14-11-18/h4-16H,1H2,2-3H3,(H,27,30)(H,26,28,29)/b7-6-,20-5+. The number of amides is 1. The lowest BCUT2D eigenvalue weighted by molar-refractivity contribution is 0.0967. The highest BCUT2D eigenvalue weighted by molar-refractivity contribution is 5.96. The summed E-state index contributed by atoms with van der Waals surface area (Å²) in [5, 5.41) is 6.10. The number of carbonyl (C=O) groups is 1. The minimum absolute atomic E-state index is 0.202. The highest BCUT2D eigenvalue weighted by atomic mass is 16.1. The molecule has 0 atom stereocenters. The summed E-state index contributed by atoms with van der Waals surface area (Å²) in [5.41, 5.74) is 4.70. The number of anilines is 2. The van der Waals surface area contributed by atoms with Gasteiger partial charge in [-0.3, -0.25) is 9.78 Å². The average molecular weight is 397 g/mol. The van der Waals surface area contributed by atoms with Crippen LogP contribution in [0.3, 0.4) is 0 Å². The number of allylic oxidation sites excluding steroid dienone is 4. The number of aromatic nitrogens is 3. The topological polar surface area (TPSA) is 79.8 Å². The highest BCUT2D eigenvalue weighted by Gasteiger charge is 2.10. The van der Waals surface area contributed by atoms with Gasteiger partial charge < -0.3 is 10.6 Å². The lowest BCUT2D eigenvalue weighted by atomic mass is 10.1. The van der Waals surface area contributed by atoms with Crippen LogP contribution in [0.2, 0.25) is 0 Å². The Morgan fingerprint density at radius 1 is 1.10 bits per heavy atom. The Hall–Kier alpha value is -4.06. The molecule has 0 spiro atoms. The Labute approximate surface area is 176 Å². The van der Waals surface area contributed by atoms with Gasteiger partial charge in [-0.25, -0.2) is 9.97 Å². The number of pyridine rings is 1. The summed E-state index contributed by atoms with van der Waals surface area (Å²) < 4.78 is 0. The summed E-state index contributed by atoms with van der Waals surface area (Å²) in [7, 11) is 0. The second-order valence-corrected chi connectivity index (χ2v) is 6.45. The first-order chi connectivity index (χ1) is 14.6. The first kappa shape index (κ1) is 20.7. The van der Waals surface area contributed by atoms with Gasteiger partial charge in [0.25, 0.3) is 5.91 Å². The van der Waals surface area contributed by atoms with E-state index in [2.05, 4.69) is 32.2 Å². The summed E-state index contributed by atoms with van der Waals surface area (Å²) in [6, 6.07) is 11.1. The molecule has 30 heavy (non-hydrogen) atoms. The molecule has 3 aromatic rings. The van der Waals surface area contributed by atoms with Crippen molar-refractivity contribution >= 4 is 17.5 Å².